The maximum absolute atomic E-state index is 12.7. The minimum Gasteiger partial charge on any atom is -0.324 e. The Bertz CT molecular complexity index is 1150. The largest absolute Gasteiger partial charge is 0.365 e. The van der Waals surface area contributed by atoms with Gasteiger partial charge < -0.3 is 4.84 Å². The van der Waals surface area contributed by atoms with Crippen LogP contribution in [-0.2, 0) is 14.9 Å². The Morgan fingerprint density at radius 2 is 1.68 bits per heavy atom. The molecule has 2 amide bonds. The molecule has 0 spiro atoms. The van der Waals surface area contributed by atoms with Crippen LogP contribution in [0.2, 0.25) is 10.0 Å². The number of nitrogens with one attached hydrogen (secondary N) is 1. The van der Waals surface area contributed by atoms with Gasteiger partial charge in [0.05, 0.1) is 26.7 Å². The number of sulfonamides is 1. The number of hydrogen-bond acceptors (Lipinski definition) is 6. The molecule has 1 atom stereocenters. The number of nitrogens with zero attached hydrogens (tertiary/aromatic N) is 1. The standard InChI is InChI=1S/C20H18Cl2N2O6S/c1-3-6-11(2)23-31(28,29)17-9-14(15(21)10-16(17)22)20(27)30-24-18(25)12-7-4-5-8-13(12)19(24)26/h4-5,7-11,23H,3,6H2,1-2H3. The summed E-state index contributed by atoms with van der Waals surface area (Å²) in [6.45, 7) is 3.61. The summed E-state index contributed by atoms with van der Waals surface area (Å²) in [5.74, 6) is -2.82. The van der Waals surface area contributed by atoms with E-state index in [-0.39, 0.29) is 37.7 Å². The number of rotatable bonds is 7. The predicted octanol–water partition coefficient (Wildman–Crippen LogP) is 3.83. The average Bonchev–Trinajstić information content (AvgIpc) is 2.92. The third kappa shape index (κ3) is 4.59. The molecule has 0 aliphatic carbocycles. The summed E-state index contributed by atoms with van der Waals surface area (Å²) in [6.07, 6.45) is 1.36. The van der Waals surface area contributed by atoms with Crippen molar-refractivity contribution in [2.45, 2.75) is 37.6 Å². The minimum absolute atomic E-state index is 0.0832. The Hall–Kier alpha value is -2.46. The fourth-order valence-electron chi connectivity index (χ4n) is 3.09. The van der Waals surface area contributed by atoms with Gasteiger partial charge in [-0.1, -0.05) is 53.7 Å². The fraction of sp³-hybridized carbons (Fsp3) is 0.250. The van der Waals surface area contributed by atoms with Crippen LogP contribution in [0.5, 0.6) is 0 Å². The highest BCUT2D eigenvalue weighted by molar-refractivity contribution is 7.89. The van der Waals surface area contributed by atoms with Crippen molar-refractivity contribution in [1.82, 2.24) is 9.79 Å². The van der Waals surface area contributed by atoms with Crippen LogP contribution in [-0.4, -0.2) is 37.3 Å². The number of amides is 2. The van der Waals surface area contributed by atoms with Crippen LogP contribution in [0, 0.1) is 0 Å². The number of hydroxylamine groups is 2. The summed E-state index contributed by atoms with van der Waals surface area (Å²) in [5.41, 5.74) is -0.203. The molecular formula is C20H18Cl2N2O6S. The molecule has 0 saturated carbocycles. The van der Waals surface area contributed by atoms with Gasteiger partial charge in [0.2, 0.25) is 10.0 Å². The third-order valence-corrected chi connectivity index (χ3v) is 6.91. The van der Waals surface area contributed by atoms with E-state index in [4.69, 9.17) is 28.0 Å². The molecule has 0 saturated heterocycles. The molecule has 1 unspecified atom stereocenters. The number of fused-ring (bicyclic) bond motifs is 1. The molecular weight excluding hydrogens is 467 g/mol. The maximum Gasteiger partial charge on any atom is 0.365 e. The normalized spacial score (nSPS) is 14.5. The van der Waals surface area contributed by atoms with Crippen molar-refractivity contribution in [1.29, 1.82) is 0 Å². The van der Waals surface area contributed by atoms with Crippen molar-refractivity contribution >= 4 is 51.0 Å². The summed E-state index contributed by atoms with van der Waals surface area (Å²) in [7, 11) is -4.07. The van der Waals surface area contributed by atoms with E-state index in [1.165, 1.54) is 12.1 Å². The molecule has 2 aromatic carbocycles. The van der Waals surface area contributed by atoms with Crippen LogP contribution in [0.3, 0.4) is 0 Å². The van der Waals surface area contributed by atoms with E-state index in [9.17, 15) is 22.8 Å². The predicted molar refractivity (Wildman–Crippen MR) is 114 cm³/mol. The summed E-state index contributed by atoms with van der Waals surface area (Å²) in [4.78, 5) is 42.0. The van der Waals surface area contributed by atoms with Crippen molar-refractivity contribution in [3.05, 3.63) is 63.1 Å². The summed E-state index contributed by atoms with van der Waals surface area (Å²) in [5, 5.41) is -0.0844. The molecule has 0 bridgehead atoms. The number of halogens is 2. The lowest BCUT2D eigenvalue weighted by Crippen LogP contribution is -2.34. The topological polar surface area (TPSA) is 110 Å². The van der Waals surface area contributed by atoms with E-state index < -0.39 is 27.8 Å². The van der Waals surface area contributed by atoms with Crippen LogP contribution < -0.4 is 4.72 Å². The van der Waals surface area contributed by atoms with Gasteiger partial charge in [-0.15, -0.1) is 0 Å². The molecule has 1 N–H and O–H groups in total. The van der Waals surface area contributed by atoms with E-state index in [0.29, 0.717) is 11.5 Å². The van der Waals surface area contributed by atoms with Crippen molar-refractivity contribution in [3.8, 4) is 0 Å². The highest BCUT2D eigenvalue weighted by Gasteiger charge is 2.39. The van der Waals surface area contributed by atoms with Crippen molar-refractivity contribution in [2.24, 2.45) is 0 Å². The lowest BCUT2D eigenvalue weighted by molar-refractivity contribution is -0.0584. The molecule has 2 aromatic rings. The first-order valence-electron chi connectivity index (χ1n) is 9.28. The van der Waals surface area contributed by atoms with Gasteiger partial charge in [0.1, 0.15) is 4.90 Å². The first kappa shape index (κ1) is 23.2. The number of imide groups is 1. The van der Waals surface area contributed by atoms with Gasteiger partial charge in [0, 0.05) is 6.04 Å². The Morgan fingerprint density at radius 1 is 1.10 bits per heavy atom. The molecule has 31 heavy (non-hydrogen) atoms. The molecule has 1 aliphatic rings. The van der Waals surface area contributed by atoms with Crippen molar-refractivity contribution < 1.29 is 27.6 Å². The zero-order chi connectivity index (χ0) is 22.9. The van der Waals surface area contributed by atoms with Gasteiger partial charge in [0.25, 0.3) is 11.8 Å². The Labute approximate surface area is 189 Å². The molecule has 0 aromatic heterocycles. The second kappa shape index (κ2) is 8.96. The minimum atomic E-state index is -4.07. The smallest absolute Gasteiger partial charge is 0.324 e. The second-order valence-corrected chi connectivity index (χ2v) is 9.40. The highest BCUT2D eigenvalue weighted by atomic mass is 35.5. The van der Waals surface area contributed by atoms with Crippen LogP contribution >= 0.6 is 23.2 Å². The SMILES string of the molecule is CCCC(C)NS(=O)(=O)c1cc(C(=O)ON2C(=O)c3ccccc3C2=O)c(Cl)cc1Cl. The fourth-order valence-corrected chi connectivity index (χ4v) is 5.22. The number of carbonyl (C=O) groups excluding carboxylic acids is 3. The molecule has 11 heteroatoms. The van der Waals surface area contributed by atoms with Crippen LogP contribution in [0.25, 0.3) is 0 Å². The van der Waals surface area contributed by atoms with Crippen molar-refractivity contribution in [2.75, 3.05) is 0 Å². The summed E-state index contributed by atoms with van der Waals surface area (Å²) in [6, 6.07) is 7.65. The average molecular weight is 485 g/mol. The number of carbonyl (C=O) groups is 3. The number of hydrogen-bond donors (Lipinski definition) is 1. The van der Waals surface area contributed by atoms with Gasteiger partial charge >= 0.3 is 5.97 Å². The van der Waals surface area contributed by atoms with Crippen LogP contribution in [0.4, 0.5) is 0 Å². The molecule has 8 nitrogen and oxygen atoms in total. The summed E-state index contributed by atoms with van der Waals surface area (Å²) >= 11 is 12.1. The molecule has 3 rings (SSSR count). The first-order valence-corrected chi connectivity index (χ1v) is 11.5. The second-order valence-electron chi connectivity index (χ2n) is 6.90. The van der Waals surface area contributed by atoms with Gasteiger partial charge in [-0.25, -0.2) is 17.9 Å². The first-order chi connectivity index (χ1) is 14.6. The summed E-state index contributed by atoms with van der Waals surface area (Å²) < 4.78 is 27.9. The van der Waals surface area contributed by atoms with E-state index in [1.807, 2.05) is 6.92 Å². The van der Waals surface area contributed by atoms with Crippen LogP contribution in [0.15, 0.2) is 41.3 Å². The quantitative estimate of drug-likeness (QED) is 0.597. The zero-order valence-corrected chi connectivity index (χ0v) is 18.8. The van der Waals surface area contributed by atoms with Gasteiger partial charge in [-0.2, -0.15) is 0 Å². The molecule has 164 valence electrons. The molecule has 1 heterocycles. The zero-order valence-electron chi connectivity index (χ0n) is 16.5. The molecule has 0 fully saturated rings. The van der Waals surface area contributed by atoms with E-state index in [1.54, 1.807) is 19.1 Å². The Kier molecular flexibility index (Phi) is 6.70. The van der Waals surface area contributed by atoms with E-state index >= 15 is 0 Å². The van der Waals surface area contributed by atoms with Crippen molar-refractivity contribution in [3.63, 3.8) is 0 Å². The molecule has 1 aliphatic heterocycles. The van der Waals surface area contributed by atoms with Crippen LogP contribution in [0.1, 0.15) is 57.8 Å². The molecule has 0 radical (unpaired) electrons. The van der Waals surface area contributed by atoms with E-state index in [0.717, 1.165) is 18.6 Å². The number of benzene rings is 2. The van der Waals surface area contributed by atoms with E-state index in [2.05, 4.69) is 4.72 Å². The lowest BCUT2D eigenvalue weighted by Gasteiger charge is -2.16. The van der Waals surface area contributed by atoms with Gasteiger partial charge in [0.15, 0.2) is 0 Å². The lowest BCUT2D eigenvalue weighted by atomic mass is 10.1. The highest BCUT2D eigenvalue weighted by Crippen LogP contribution is 2.30. The Morgan fingerprint density at radius 3 is 2.23 bits per heavy atom. The van der Waals surface area contributed by atoms with Gasteiger partial charge in [-0.3, -0.25) is 9.59 Å². The van der Waals surface area contributed by atoms with Gasteiger partial charge in [-0.05, 0) is 37.6 Å². The third-order valence-electron chi connectivity index (χ3n) is 4.54. The maximum atomic E-state index is 12.7. The monoisotopic (exact) mass is 484 g/mol. The Balaban J connectivity index is 1.90.